The molecule has 1 aliphatic heterocycles. The average molecular weight is 356 g/mol. The Morgan fingerprint density at radius 1 is 1.23 bits per heavy atom. The lowest BCUT2D eigenvalue weighted by Gasteiger charge is -2.41. The minimum Gasteiger partial charge on any atom is -0.497 e. The van der Waals surface area contributed by atoms with E-state index in [1.54, 1.807) is 7.11 Å². The Morgan fingerprint density at radius 3 is 2.54 bits per heavy atom. The van der Waals surface area contributed by atoms with Crippen molar-refractivity contribution in [1.29, 1.82) is 0 Å². The molecule has 2 aliphatic carbocycles. The maximum atomic E-state index is 12.8. The highest BCUT2D eigenvalue weighted by Crippen LogP contribution is 2.51. The third kappa shape index (κ3) is 3.44. The molecule has 0 radical (unpaired) electrons. The van der Waals surface area contributed by atoms with Gasteiger partial charge < -0.3 is 15.0 Å². The fourth-order valence-corrected chi connectivity index (χ4v) is 4.38. The molecular weight excluding hydrogens is 328 g/mol. The van der Waals surface area contributed by atoms with Gasteiger partial charge in [-0.2, -0.15) is 0 Å². The Labute approximate surface area is 155 Å². The zero-order chi connectivity index (χ0) is 18.1. The lowest BCUT2D eigenvalue weighted by Crippen LogP contribution is -2.45. The summed E-state index contributed by atoms with van der Waals surface area (Å²) in [6.07, 6.45) is 6.18. The number of nitrogens with one attached hydrogen (secondary N) is 1. The summed E-state index contributed by atoms with van der Waals surface area (Å²) in [5.41, 5.74) is 1.02. The molecule has 5 nitrogen and oxygen atoms in total. The van der Waals surface area contributed by atoms with Crippen molar-refractivity contribution in [2.75, 3.05) is 26.7 Å². The van der Waals surface area contributed by atoms with Crippen LogP contribution in [0.5, 0.6) is 5.75 Å². The van der Waals surface area contributed by atoms with Crippen LogP contribution in [0.15, 0.2) is 24.3 Å². The molecule has 2 saturated carbocycles. The monoisotopic (exact) mass is 356 g/mol. The first-order chi connectivity index (χ1) is 12.6. The van der Waals surface area contributed by atoms with Gasteiger partial charge in [-0.1, -0.05) is 18.6 Å². The van der Waals surface area contributed by atoms with Gasteiger partial charge in [0, 0.05) is 25.0 Å². The highest BCUT2D eigenvalue weighted by atomic mass is 16.5. The number of ether oxygens (including phenoxy) is 1. The van der Waals surface area contributed by atoms with Crippen LogP contribution < -0.4 is 10.1 Å². The van der Waals surface area contributed by atoms with Gasteiger partial charge in [-0.3, -0.25) is 9.59 Å². The molecule has 0 bridgehead atoms. The number of rotatable bonds is 6. The third-order valence-electron chi connectivity index (χ3n) is 6.44. The summed E-state index contributed by atoms with van der Waals surface area (Å²) in [4.78, 5) is 27.4. The maximum Gasteiger partial charge on any atom is 0.227 e. The number of carbonyl (C=O) groups is 2. The molecule has 1 unspecified atom stereocenters. The predicted octanol–water partition coefficient (Wildman–Crippen LogP) is 2.39. The SMILES string of the molecule is COc1ccc(CC(=O)N2CC(C(=O)NCC3CC3)C3(CCC3)C2)cc1. The molecule has 3 aliphatic rings. The molecule has 1 aromatic carbocycles. The van der Waals surface area contributed by atoms with Crippen LogP contribution in [0.3, 0.4) is 0 Å². The van der Waals surface area contributed by atoms with Crippen molar-refractivity contribution in [2.24, 2.45) is 17.3 Å². The van der Waals surface area contributed by atoms with Crippen LogP contribution in [0, 0.1) is 17.3 Å². The van der Waals surface area contributed by atoms with E-state index in [1.165, 1.54) is 19.3 Å². The summed E-state index contributed by atoms with van der Waals surface area (Å²) < 4.78 is 5.17. The number of hydrogen-bond donors (Lipinski definition) is 1. The first-order valence-corrected chi connectivity index (χ1v) is 9.78. The number of benzene rings is 1. The number of methoxy groups -OCH3 is 1. The molecule has 140 valence electrons. The highest BCUT2D eigenvalue weighted by molar-refractivity contribution is 5.84. The number of carbonyl (C=O) groups excluding carboxylic acids is 2. The smallest absolute Gasteiger partial charge is 0.227 e. The van der Waals surface area contributed by atoms with Gasteiger partial charge >= 0.3 is 0 Å². The molecule has 1 saturated heterocycles. The first-order valence-electron chi connectivity index (χ1n) is 9.78. The van der Waals surface area contributed by atoms with Crippen molar-refractivity contribution in [3.8, 4) is 5.75 Å². The number of nitrogens with zero attached hydrogens (tertiary/aromatic N) is 1. The molecule has 26 heavy (non-hydrogen) atoms. The van der Waals surface area contributed by atoms with Gasteiger partial charge in [0.25, 0.3) is 0 Å². The van der Waals surface area contributed by atoms with E-state index < -0.39 is 0 Å². The van der Waals surface area contributed by atoms with Crippen LogP contribution in [0.25, 0.3) is 0 Å². The molecule has 1 spiro atoms. The summed E-state index contributed by atoms with van der Waals surface area (Å²) in [7, 11) is 1.64. The largest absolute Gasteiger partial charge is 0.497 e. The molecule has 1 atom stereocenters. The van der Waals surface area contributed by atoms with Crippen LogP contribution in [0.4, 0.5) is 0 Å². The van der Waals surface area contributed by atoms with Crippen molar-refractivity contribution in [3.05, 3.63) is 29.8 Å². The van der Waals surface area contributed by atoms with E-state index in [0.29, 0.717) is 18.9 Å². The van der Waals surface area contributed by atoms with Crippen LogP contribution in [-0.4, -0.2) is 43.5 Å². The fraction of sp³-hybridized carbons (Fsp3) is 0.619. The minimum atomic E-state index is -0.0326. The molecule has 1 N–H and O–H groups in total. The normalized spacial score (nSPS) is 23.6. The molecule has 2 amide bonds. The Kier molecular flexibility index (Phi) is 4.63. The van der Waals surface area contributed by atoms with Gasteiger partial charge in [0.1, 0.15) is 5.75 Å². The first kappa shape index (κ1) is 17.4. The van der Waals surface area contributed by atoms with Crippen molar-refractivity contribution in [1.82, 2.24) is 10.2 Å². The maximum absolute atomic E-state index is 12.8. The predicted molar refractivity (Wildman–Crippen MR) is 98.8 cm³/mol. The van der Waals surface area contributed by atoms with Gasteiger partial charge in [0.15, 0.2) is 0 Å². The molecule has 3 fully saturated rings. The van der Waals surface area contributed by atoms with Crippen molar-refractivity contribution in [2.45, 2.75) is 38.5 Å². The van der Waals surface area contributed by atoms with Crippen molar-refractivity contribution < 1.29 is 14.3 Å². The highest BCUT2D eigenvalue weighted by Gasteiger charge is 2.54. The van der Waals surface area contributed by atoms with E-state index in [4.69, 9.17) is 4.74 Å². The quantitative estimate of drug-likeness (QED) is 0.851. The lowest BCUT2D eigenvalue weighted by molar-refractivity contribution is -0.130. The lowest BCUT2D eigenvalue weighted by atomic mass is 9.62. The standard InChI is InChI=1S/C21H28N2O3/c1-26-17-7-5-15(6-8-17)11-19(24)23-13-18(21(14-23)9-2-10-21)20(25)22-12-16-3-4-16/h5-8,16,18H,2-4,9-14H2,1H3,(H,22,25). The van der Waals surface area contributed by atoms with Crippen LogP contribution in [-0.2, 0) is 16.0 Å². The van der Waals surface area contributed by atoms with E-state index in [-0.39, 0.29) is 23.1 Å². The van der Waals surface area contributed by atoms with Crippen LogP contribution in [0.1, 0.15) is 37.7 Å². The van der Waals surface area contributed by atoms with Crippen LogP contribution in [0.2, 0.25) is 0 Å². The van der Waals surface area contributed by atoms with Crippen molar-refractivity contribution in [3.63, 3.8) is 0 Å². The minimum absolute atomic E-state index is 0.0310. The topological polar surface area (TPSA) is 58.6 Å². The number of amides is 2. The average Bonchev–Trinajstić information content (AvgIpc) is 3.35. The second-order valence-electron chi connectivity index (χ2n) is 8.26. The molecule has 0 aromatic heterocycles. The van der Waals surface area contributed by atoms with Gasteiger partial charge in [-0.15, -0.1) is 0 Å². The molecule has 1 aromatic rings. The number of likely N-dealkylation sites (tertiary alicyclic amines) is 1. The molecule has 1 heterocycles. The fourth-order valence-electron chi connectivity index (χ4n) is 4.38. The van der Waals surface area contributed by atoms with Gasteiger partial charge in [-0.05, 0) is 49.3 Å². The molecule has 5 heteroatoms. The molecule has 4 rings (SSSR count). The van der Waals surface area contributed by atoms with Gasteiger partial charge in [-0.25, -0.2) is 0 Å². The summed E-state index contributed by atoms with van der Waals surface area (Å²) in [6, 6.07) is 7.64. The van der Waals surface area contributed by atoms with E-state index in [9.17, 15) is 9.59 Å². The summed E-state index contributed by atoms with van der Waals surface area (Å²) in [5, 5.41) is 3.14. The summed E-state index contributed by atoms with van der Waals surface area (Å²) in [6.45, 7) is 2.13. The Hall–Kier alpha value is -2.04. The number of hydrogen-bond acceptors (Lipinski definition) is 3. The zero-order valence-corrected chi connectivity index (χ0v) is 15.5. The summed E-state index contributed by atoms with van der Waals surface area (Å²) >= 11 is 0. The zero-order valence-electron chi connectivity index (χ0n) is 15.5. The van der Waals surface area contributed by atoms with Crippen LogP contribution >= 0.6 is 0 Å². The van der Waals surface area contributed by atoms with E-state index in [1.807, 2.05) is 29.2 Å². The van der Waals surface area contributed by atoms with Gasteiger partial charge in [0.2, 0.25) is 11.8 Å². The summed E-state index contributed by atoms with van der Waals surface area (Å²) in [5.74, 6) is 1.73. The van der Waals surface area contributed by atoms with E-state index in [2.05, 4.69) is 5.32 Å². The van der Waals surface area contributed by atoms with E-state index >= 15 is 0 Å². The Bertz CT molecular complexity index is 677. The van der Waals surface area contributed by atoms with E-state index in [0.717, 1.165) is 37.2 Å². The molecular formula is C21H28N2O3. The van der Waals surface area contributed by atoms with Crippen molar-refractivity contribution >= 4 is 11.8 Å². The Balaban J connectivity index is 1.38. The Morgan fingerprint density at radius 2 is 1.96 bits per heavy atom. The second kappa shape index (κ2) is 6.93. The third-order valence-corrected chi connectivity index (χ3v) is 6.44. The second-order valence-corrected chi connectivity index (χ2v) is 8.26. The van der Waals surface area contributed by atoms with Gasteiger partial charge in [0.05, 0.1) is 19.4 Å².